The molecule has 0 amide bonds. The van der Waals surface area contributed by atoms with Crippen LogP contribution in [0.4, 0.5) is 5.69 Å². The van der Waals surface area contributed by atoms with Crippen LogP contribution in [0.15, 0.2) is 41.1 Å². The van der Waals surface area contributed by atoms with Gasteiger partial charge in [-0.15, -0.1) is 0 Å². The summed E-state index contributed by atoms with van der Waals surface area (Å²) in [6.45, 7) is 4.65. The minimum absolute atomic E-state index is 0.0445. The molecule has 2 aromatic heterocycles. The molecule has 0 unspecified atom stereocenters. The molecule has 0 saturated heterocycles. The van der Waals surface area contributed by atoms with Gasteiger partial charge in [-0.05, 0) is 81.3 Å². The van der Waals surface area contributed by atoms with Crippen LogP contribution < -0.4 is 4.90 Å². The van der Waals surface area contributed by atoms with Gasteiger partial charge in [0.05, 0.1) is 23.0 Å². The van der Waals surface area contributed by atoms with E-state index in [9.17, 15) is 0 Å². The Kier molecular flexibility index (Phi) is 2.81. The first-order chi connectivity index (χ1) is 13.7. The average molecular weight is 374 g/mol. The highest BCUT2D eigenvalue weighted by Gasteiger charge is 2.66. The molecule has 4 aliphatic carbocycles. The second-order valence-corrected chi connectivity index (χ2v) is 9.86. The molecule has 144 valence electrons. The summed E-state index contributed by atoms with van der Waals surface area (Å²) in [5.74, 6) is 4.08. The summed E-state index contributed by atoms with van der Waals surface area (Å²) in [5, 5.41) is 0. The predicted molar refractivity (Wildman–Crippen MR) is 108 cm³/mol. The van der Waals surface area contributed by atoms with E-state index in [1.807, 2.05) is 0 Å². The smallest absolute Gasteiger partial charge is 0.306 e. The fraction of sp³-hybridized carbons (Fsp3) is 0.542. The van der Waals surface area contributed by atoms with Gasteiger partial charge < -0.3 is 9.32 Å². The molecule has 4 bridgehead atoms. The average Bonchev–Trinajstić information content (AvgIpc) is 3.31. The van der Waals surface area contributed by atoms with Crippen molar-refractivity contribution in [3.8, 4) is 0 Å². The summed E-state index contributed by atoms with van der Waals surface area (Å²) in [4.78, 5) is 7.96. The highest BCUT2D eigenvalue weighted by atomic mass is 16.3. The maximum Gasteiger partial charge on any atom is 0.306 e. The summed E-state index contributed by atoms with van der Waals surface area (Å²) in [5.41, 5.74) is 5.51. The summed E-state index contributed by atoms with van der Waals surface area (Å²) < 4.78 is 7.96. The van der Waals surface area contributed by atoms with Crippen molar-refractivity contribution in [1.82, 2.24) is 9.38 Å². The van der Waals surface area contributed by atoms with E-state index in [0.717, 1.165) is 17.7 Å². The van der Waals surface area contributed by atoms with E-state index in [0.29, 0.717) is 17.9 Å². The third-order valence-electron chi connectivity index (χ3n) is 8.62. The first-order valence-electron chi connectivity index (χ1n) is 11.0. The topological polar surface area (TPSA) is 33.7 Å². The van der Waals surface area contributed by atoms with Gasteiger partial charge in [0, 0.05) is 11.9 Å². The fourth-order valence-electron chi connectivity index (χ4n) is 7.98. The molecule has 4 fully saturated rings. The van der Waals surface area contributed by atoms with E-state index in [1.54, 1.807) is 6.26 Å². The number of aryl methyl sites for hydroxylation is 1. The Hall–Kier alpha value is -2.23. The van der Waals surface area contributed by atoms with E-state index in [2.05, 4.69) is 53.6 Å². The van der Waals surface area contributed by atoms with Gasteiger partial charge in [-0.25, -0.2) is 0 Å². The van der Waals surface area contributed by atoms with Crippen molar-refractivity contribution in [3.05, 3.63) is 53.7 Å². The minimum atomic E-state index is 0.0445. The molecule has 4 heteroatoms. The molecule has 1 spiro atoms. The standard InChI is InChI=1S/C24H27N3O/c1-14-5-3-4-6-20(14)27-15(2)21-22(25-23-26(21)7-8-28-23)24(27)18-10-16-9-17(12-18)13-19(24)11-16/h3-8,15-19H,9-13H2,1-2H3/t15-,16?,17?,18?,19?,24?/m0/s1. The quantitative estimate of drug-likeness (QED) is 0.567. The van der Waals surface area contributed by atoms with Crippen LogP contribution in [0.3, 0.4) is 0 Å². The summed E-state index contributed by atoms with van der Waals surface area (Å²) in [6, 6.07) is 9.28. The zero-order valence-electron chi connectivity index (χ0n) is 16.6. The molecule has 8 rings (SSSR count). The van der Waals surface area contributed by atoms with Crippen LogP contribution in [0.1, 0.15) is 62.0 Å². The maximum atomic E-state index is 5.75. The van der Waals surface area contributed by atoms with Crippen LogP contribution in [0.2, 0.25) is 0 Å². The van der Waals surface area contributed by atoms with E-state index in [-0.39, 0.29) is 5.54 Å². The number of benzene rings is 1. The molecule has 1 aromatic carbocycles. The summed E-state index contributed by atoms with van der Waals surface area (Å²) >= 11 is 0. The predicted octanol–water partition coefficient (Wildman–Crippen LogP) is 5.47. The number of rotatable bonds is 1. The number of anilines is 1. The van der Waals surface area contributed by atoms with Crippen molar-refractivity contribution in [2.24, 2.45) is 23.7 Å². The van der Waals surface area contributed by atoms with Gasteiger partial charge in [0.15, 0.2) is 0 Å². The zero-order chi connectivity index (χ0) is 18.6. The number of imidazole rings is 1. The molecule has 5 aliphatic rings. The number of oxazole rings is 1. The number of fused-ring (bicyclic) bond motifs is 3. The van der Waals surface area contributed by atoms with Gasteiger partial charge in [-0.2, -0.15) is 4.98 Å². The Morgan fingerprint density at radius 2 is 1.75 bits per heavy atom. The van der Waals surface area contributed by atoms with Crippen molar-refractivity contribution in [2.45, 2.75) is 57.5 Å². The third kappa shape index (κ3) is 1.64. The van der Waals surface area contributed by atoms with E-state index in [1.165, 1.54) is 54.7 Å². The Bertz CT molecular complexity index is 1060. The molecule has 1 aliphatic heterocycles. The molecule has 1 atom stereocenters. The number of hydrogen-bond donors (Lipinski definition) is 0. The molecule has 3 heterocycles. The van der Waals surface area contributed by atoms with E-state index in [4.69, 9.17) is 9.40 Å². The van der Waals surface area contributed by atoms with E-state index < -0.39 is 0 Å². The zero-order valence-corrected chi connectivity index (χ0v) is 16.6. The van der Waals surface area contributed by atoms with Crippen molar-refractivity contribution in [1.29, 1.82) is 0 Å². The van der Waals surface area contributed by atoms with Gasteiger partial charge in [-0.1, -0.05) is 18.2 Å². The van der Waals surface area contributed by atoms with Crippen LogP contribution in [0.5, 0.6) is 0 Å². The van der Waals surface area contributed by atoms with Crippen molar-refractivity contribution >= 4 is 11.5 Å². The second kappa shape index (κ2) is 5.03. The Morgan fingerprint density at radius 1 is 1.04 bits per heavy atom. The van der Waals surface area contributed by atoms with Crippen LogP contribution >= 0.6 is 0 Å². The van der Waals surface area contributed by atoms with Crippen molar-refractivity contribution in [3.63, 3.8) is 0 Å². The maximum absolute atomic E-state index is 5.75. The lowest BCUT2D eigenvalue weighted by Gasteiger charge is -2.63. The molecule has 4 saturated carbocycles. The summed E-state index contributed by atoms with van der Waals surface area (Å²) in [7, 11) is 0. The molecule has 28 heavy (non-hydrogen) atoms. The van der Waals surface area contributed by atoms with Crippen LogP contribution in [0.25, 0.3) is 5.84 Å². The molecular weight excluding hydrogens is 346 g/mol. The van der Waals surface area contributed by atoms with Crippen molar-refractivity contribution in [2.75, 3.05) is 4.90 Å². The van der Waals surface area contributed by atoms with Gasteiger partial charge >= 0.3 is 5.84 Å². The summed E-state index contributed by atoms with van der Waals surface area (Å²) in [6.07, 6.45) is 10.8. The number of nitrogens with zero attached hydrogens (tertiary/aromatic N) is 3. The minimum Gasteiger partial charge on any atom is -0.432 e. The van der Waals surface area contributed by atoms with Gasteiger partial charge in [-0.3, -0.25) is 4.40 Å². The molecule has 0 radical (unpaired) electrons. The molecule has 3 aromatic rings. The second-order valence-electron chi connectivity index (χ2n) is 9.86. The molecule has 0 N–H and O–H groups in total. The SMILES string of the molecule is Cc1ccccc1N1[C@@H](C)c2c(nc3occn23)C12C1CC3CC(C1)CC2C3. The lowest BCUT2D eigenvalue weighted by atomic mass is 9.47. The van der Waals surface area contributed by atoms with Gasteiger partial charge in [0.2, 0.25) is 0 Å². The fourth-order valence-corrected chi connectivity index (χ4v) is 7.98. The Labute approximate surface area is 165 Å². The first-order valence-corrected chi connectivity index (χ1v) is 11.0. The van der Waals surface area contributed by atoms with Gasteiger partial charge in [0.25, 0.3) is 0 Å². The molecule has 4 nitrogen and oxygen atoms in total. The Morgan fingerprint density at radius 3 is 2.46 bits per heavy atom. The third-order valence-corrected chi connectivity index (χ3v) is 8.62. The van der Waals surface area contributed by atoms with E-state index >= 15 is 0 Å². The first kappa shape index (κ1) is 15.7. The Balaban J connectivity index is 1.54. The van der Waals surface area contributed by atoms with Gasteiger partial charge in [0.1, 0.15) is 6.26 Å². The lowest BCUT2D eigenvalue weighted by molar-refractivity contribution is -0.0618. The van der Waals surface area contributed by atoms with Crippen LogP contribution in [-0.4, -0.2) is 9.38 Å². The normalized spacial score (nSPS) is 38.1. The monoisotopic (exact) mass is 373 g/mol. The molecular formula is C24H27N3O. The lowest BCUT2D eigenvalue weighted by Crippen LogP contribution is -2.62. The van der Waals surface area contributed by atoms with Crippen LogP contribution in [0, 0.1) is 30.6 Å². The number of hydrogen-bond acceptors (Lipinski definition) is 3. The van der Waals surface area contributed by atoms with Crippen molar-refractivity contribution < 1.29 is 4.42 Å². The number of aromatic nitrogens is 2. The largest absolute Gasteiger partial charge is 0.432 e. The highest BCUT2D eigenvalue weighted by Crippen LogP contribution is 2.68. The highest BCUT2D eigenvalue weighted by molar-refractivity contribution is 5.64. The van der Waals surface area contributed by atoms with Crippen LogP contribution in [-0.2, 0) is 5.54 Å². The number of para-hydroxylation sites is 1.